The third kappa shape index (κ3) is 5.01. The maximum Gasteiger partial charge on any atom is 0.0857 e. The first-order chi connectivity index (χ1) is 17.9. The minimum absolute atomic E-state index is 0.471. The molecule has 0 saturated heterocycles. The van der Waals surface area contributed by atoms with Gasteiger partial charge in [0.05, 0.1) is 16.8 Å². The molecule has 0 aliphatic carbocycles. The van der Waals surface area contributed by atoms with E-state index in [-0.39, 0.29) is 0 Å². The molecule has 2 heteroatoms. The average molecular weight is 481 g/mol. The lowest BCUT2D eigenvalue weighted by Gasteiger charge is -2.37. The summed E-state index contributed by atoms with van der Waals surface area (Å²) in [7, 11) is 0. The summed E-state index contributed by atoms with van der Waals surface area (Å²) < 4.78 is 0. The molecule has 0 bridgehead atoms. The van der Waals surface area contributed by atoms with Gasteiger partial charge in [0.2, 0.25) is 0 Å². The van der Waals surface area contributed by atoms with Crippen molar-refractivity contribution in [3.8, 4) is 0 Å². The molecule has 182 valence electrons. The number of benzene rings is 5. The second kappa shape index (κ2) is 10.4. The van der Waals surface area contributed by atoms with Crippen molar-refractivity contribution in [1.82, 2.24) is 0 Å². The molecule has 0 heterocycles. The third-order valence-electron chi connectivity index (χ3n) is 7.07. The van der Waals surface area contributed by atoms with Gasteiger partial charge in [-0.2, -0.15) is 10.2 Å². The van der Waals surface area contributed by atoms with Crippen LogP contribution in [-0.4, -0.2) is 0 Å². The molecule has 0 aliphatic heterocycles. The van der Waals surface area contributed by atoms with Crippen LogP contribution in [0.25, 0.3) is 0 Å². The fourth-order valence-electron chi connectivity index (χ4n) is 4.92. The molecule has 2 nitrogen and oxygen atoms in total. The fraction of sp³-hybridized carbons (Fsp3) is 0.143. The SMILES string of the molecule is Cc1ccc(N=Nc2ccc(C(c3ccc(C)cc3)(c3ccc(C)cc3)c3ccc(C)cc3)cc2)cc1. The molecule has 0 aliphatic rings. The van der Waals surface area contributed by atoms with E-state index < -0.39 is 5.41 Å². The van der Waals surface area contributed by atoms with Crippen molar-refractivity contribution >= 4 is 11.4 Å². The number of aryl methyl sites for hydroxylation is 4. The summed E-state index contributed by atoms with van der Waals surface area (Å²) in [5.74, 6) is 0. The average Bonchev–Trinajstić information content (AvgIpc) is 2.92. The van der Waals surface area contributed by atoms with Crippen molar-refractivity contribution in [3.05, 3.63) is 166 Å². The van der Waals surface area contributed by atoms with Crippen LogP contribution in [0.1, 0.15) is 44.5 Å². The van der Waals surface area contributed by atoms with Gasteiger partial charge < -0.3 is 0 Å². The molecule has 0 amide bonds. The summed E-state index contributed by atoms with van der Waals surface area (Å²) in [5, 5.41) is 8.95. The quantitative estimate of drug-likeness (QED) is 0.171. The molecule has 37 heavy (non-hydrogen) atoms. The second-order valence-electron chi connectivity index (χ2n) is 9.93. The fourth-order valence-corrected chi connectivity index (χ4v) is 4.92. The molecule has 0 spiro atoms. The van der Waals surface area contributed by atoms with Crippen molar-refractivity contribution in [2.75, 3.05) is 0 Å². The van der Waals surface area contributed by atoms with Gasteiger partial charge >= 0.3 is 0 Å². The summed E-state index contributed by atoms with van der Waals surface area (Å²) in [4.78, 5) is 0. The van der Waals surface area contributed by atoms with Crippen molar-refractivity contribution in [2.45, 2.75) is 33.1 Å². The number of hydrogen-bond donors (Lipinski definition) is 0. The van der Waals surface area contributed by atoms with Gasteiger partial charge in [0.1, 0.15) is 0 Å². The van der Waals surface area contributed by atoms with Crippen LogP contribution in [0.15, 0.2) is 132 Å². The zero-order valence-electron chi connectivity index (χ0n) is 21.9. The number of azo groups is 1. The van der Waals surface area contributed by atoms with Crippen molar-refractivity contribution < 1.29 is 0 Å². The Morgan fingerprint density at radius 1 is 0.324 bits per heavy atom. The van der Waals surface area contributed by atoms with Gasteiger partial charge in [0, 0.05) is 0 Å². The molecule has 0 aromatic heterocycles. The van der Waals surface area contributed by atoms with Gasteiger partial charge in [0.15, 0.2) is 0 Å². The van der Waals surface area contributed by atoms with Gasteiger partial charge in [-0.1, -0.05) is 119 Å². The van der Waals surface area contributed by atoms with Crippen LogP contribution in [-0.2, 0) is 5.41 Å². The first-order valence-electron chi connectivity index (χ1n) is 12.8. The number of nitrogens with zero attached hydrogens (tertiary/aromatic N) is 2. The first-order valence-corrected chi connectivity index (χ1v) is 12.8. The minimum Gasteiger partial charge on any atom is -0.151 e. The van der Waals surface area contributed by atoms with Gasteiger partial charge in [0.25, 0.3) is 0 Å². The Kier molecular flexibility index (Phi) is 6.83. The lowest BCUT2D eigenvalue weighted by Crippen LogP contribution is -2.31. The maximum absolute atomic E-state index is 4.51. The van der Waals surface area contributed by atoms with Crippen molar-refractivity contribution in [1.29, 1.82) is 0 Å². The van der Waals surface area contributed by atoms with Crippen LogP contribution in [0.4, 0.5) is 11.4 Å². The molecule has 5 aromatic carbocycles. The van der Waals surface area contributed by atoms with E-state index in [9.17, 15) is 0 Å². The first kappa shape index (κ1) is 24.4. The summed E-state index contributed by atoms with van der Waals surface area (Å²) in [6.45, 7) is 8.48. The minimum atomic E-state index is -0.471. The Bertz CT molecular complexity index is 1380. The Balaban J connectivity index is 1.68. The molecule has 0 unspecified atom stereocenters. The Hall–Kier alpha value is -4.30. The highest BCUT2D eigenvalue weighted by Gasteiger charge is 2.38. The summed E-state index contributed by atoms with van der Waals surface area (Å²) in [5.41, 5.74) is 11.1. The number of rotatable bonds is 6. The largest absolute Gasteiger partial charge is 0.151 e. The standard InChI is InChI=1S/C35H32N2/c1-25-5-13-29(14-6-25)35(30-15-7-26(2)8-16-30,31-17-9-27(3)10-18-31)32-19-23-34(24-20-32)37-36-33-21-11-28(4)12-22-33/h5-24H,1-4H3. The normalized spacial score (nSPS) is 11.7. The molecule has 0 radical (unpaired) electrons. The van der Waals surface area contributed by atoms with Gasteiger partial charge in [-0.25, -0.2) is 0 Å². The number of hydrogen-bond acceptors (Lipinski definition) is 2. The molecule has 0 fully saturated rings. The highest BCUT2D eigenvalue weighted by Crippen LogP contribution is 2.45. The smallest absolute Gasteiger partial charge is 0.0857 e. The van der Waals surface area contributed by atoms with E-state index in [0.29, 0.717) is 0 Å². The highest BCUT2D eigenvalue weighted by molar-refractivity contribution is 5.61. The van der Waals surface area contributed by atoms with Gasteiger partial charge in [-0.15, -0.1) is 0 Å². The molecule has 0 saturated carbocycles. The Morgan fingerprint density at radius 3 is 0.838 bits per heavy atom. The van der Waals surface area contributed by atoms with Crippen LogP contribution in [0.5, 0.6) is 0 Å². The molecular weight excluding hydrogens is 448 g/mol. The predicted octanol–water partition coefficient (Wildman–Crippen LogP) is 9.72. The zero-order chi connectivity index (χ0) is 25.8. The van der Waals surface area contributed by atoms with Gasteiger partial charge in [-0.3, -0.25) is 0 Å². The van der Waals surface area contributed by atoms with Crippen LogP contribution >= 0.6 is 0 Å². The third-order valence-corrected chi connectivity index (χ3v) is 7.07. The lowest BCUT2D eigenvalue weighted by atomic mass is 9.65. The highest BCUT2D eigenvalue weighted by atomic mass is 15.1. The van der Waals surface area contributed by atoms with E-state index in [1.807, 2.05) is 12.1 Å². The van der Waals surface area contributed by atoms with Gasteiger partial charge in [-0.05, 0) is 74.2 Å². The van der Waals surface area contributed by atoms with Crippen LogP contribution in [0.3, 0.4) is 0 Å². The van der Waals surface area contributed by atoms with Crippen LogP contribution in [0.2, 0.25) is 0 Å². The molecule has 5 rings (SSSR count). The van der Waals surface area contributed by atoms with E-state index in [2.05, 4.69) is 147 Å². The molecule has 0 N–H and O–H groups in total. The van der Waals surface area contributed by atoms with E-state index in [0.717, 1.165) is 11.4 Å². The summed E-state index contributed by atoms with van der Waals surface area (Å²) >= 11 is 0. The van der Waals surface area contributed by atoms with E-state index in [1.165, 1.54) is 44.5 Å². The Morgan fingerprint density at radius 2 is 0.541 bits per heavy atom. The second-order valence-corrected chi connectivity index (χ2v) is 9.93. The zero-order valence-corrected chi connectivity index (χ0v) is 21.9. The maximum atomic E-state index is 4.51. The monoisotopic (exact) mass is 480 g/mol. The lowest BCUT2D eigenvalue weighted by molar-refractivity contribution is 0.744. The van der Waals surface area contributed by atoms with E-state index in [4.69, 9.17) is 0 Å². The van der Waals surface area contributed by atoms with E-state index >= 15 is 0 Å². The topological polar surface area (TPSA) is 24.7 Å². The molecule has 5 aromatic rings. The summed E-state index contributed by atoms with van der Waals surface area (Å²) in [6.07, 6.45) is 0. The van der Waals surface area contributed by atoms with Crippen LogP contribution < -0.4 is 0 Å². The van der Waals surface area contributed by atoms with Crippen molar-refractivity contribution in [3.63, 3.8) is 0 Å². The molecule has 0 atom stereocenters. The van der Waals surface area contributed by atoms with Crippen molar-refractivity contribution in [2.24, 2.45) is 10.2 Å². The Labute approximate surface area is 220 Å². The van der Waals surface area contributed by atoms with Crippen LogP contribution in [0, 0.1) is 27.7 Å². The molecular formula is C35H32N2. The predicted molar refractivity (Wildman–Crippen MR) is 154 cm³/mol. The summed E-state index contributed by atoms with van der Waals surface area (Å²) in [6, 6.07) is 43.4. The van der Waals surface area contributed by atoms with E-state index in [1.54, 1.807) is 0 Å².